The summed E-state index contributed by atoms with van der Waals surface area (Å²) in [5.74, 6) is 0.896. The summed E-state index contributed by atoms with van der Waals surface area (Å²) in [7, 11) is 2.00. The van der Waals surface area contributed by atoms with Crippen LogP contribution in [0.1, 0.15) is 18.2 Å². The van der Waals surface area contributed by atoms with Crippen LogP contribution in [0.2, 0.25) is 0 Å². The minimum atomic E-state index is 0.661. The molecule has 0 aliphatic heterocycles. The van der Waals surface area contributed by atoms with Gasteiger partial charge in [0.15, 0.2) is 0 Å². The Hall–Kier alpha value is -3.21. The van der Waals surface area contributed by atoms with E-state index in [9.17, 15) is 0 Å². The molecule has 0 fully saturated rings. The number of nitrogens with zero attached hydrogens (tertiary/aromatic N) is 5. The van der Waals surface area contributed by atoms with E-state index in [2.05, 4.69) is 52.1 Å². The summed E-state index contributed by atoms with van der Waals surface area (Å²) < 4.78 is 2.02. The fourth-order valence-corrected chi connectivity index (χ4v) is 3.18. The van der Waals surface area contributed by atoms with Gasteiger partial charge < -0.3 is 9.47 Å². The van der Waals surface area contributed by atoms with Crippen LogP contribution in [-0.4, -0.2) is 19.5 Å². The summed E-state index contributed by atoms with van der Waals surface area (Å²) in [6, 6.07) is 16.6. The molecule has 0 spiro atoms. The van der Waals surface area contributed by atoms with Gasteiger partial charge in [0.25, 0.3) is 0 Å². The number of benzene rings is 1. The Morgan fingerprint density at radius 1 is 1.00 bits per heavy atom. The van der Waals surface area contributed by atoms with Crippen LogP contribution < -0.4 is 4.90 Å². The van der Waals surface area contributed by atoms with E-state index in [1.165, 1.54) is 5.56 Å². The van der Waals surface area contributed by atoms with Crippen molar-refractivity contribution < 1.29 is 0 Å². The fraction of sp³-hybridized carbons (Fsp3) is 0.190. The minimum absolute atomic E-state index is 0.661. The van der Waals surface area contributed by atoms with Crippen LogP contribution in [0.4, 0.5) is 11.5 Å². The van der Waals surface area contributed by atoms with Gasteiger partial charge in [-0.25, -0.2) is 9.97 Å². The van der Waals surface area contributed by atoms with Gasteiger partial charge in [0.2, 0.25) is 0 Å². The second-order valence-corrected chi connectivity index (χ2v) is 6.28. The lowest BCUT2D eigenvalue weighted by Crippen LogP contribution is -2.19. The lowest BCUT2D eigenvalue weighted by atomic mass is 10.1. The van der Waals surface area contributed by atoms with Crippen molar-refractivity contribution in [2.24, 2.45) is 7.05 Å². The topological polar surface area (TPSA) is 46.8 Å². The maximum atomic E-state index is 4.69. The highest BCUT2D eigenvalue weighted by Crippen LogP contribution is 2.30. The summed E-state index contributed by atoms with van der Waals surface area (Å²) in [5, 5.41) is 0. The van der Waals surface area contributed by atoms with Gasteiger partial charge in [0, 0.05) is 25.0 Å². The zero-order valence-electron chi connectivity index (χ0n) is 15.0. The molecule has 0 N–H and O–H groups in total. The molecule has 4 aromatic rings. The second kappa shape index (κ2) is 6.96. The van der Waals surface area contributed by atoms with Gasteiger partial charge in [-0.15, -0.1) is 0 Å². The molecule has 3 heterocycles. The number of pyridine rings is 2. The Morgan fingerprint density at radius 3 is 2.65 bits per heavy atom. The van der Waals surface area contributed by atoms with E-state index in [4.69, 9.17) is 4.98 Å². The van der Waals surface area contributed by atoms with Gasteiger partial charge >= 0.3 is 0 Å². The maximum Gasteiger partial charge on any atom is 0.135 e. The van der Waals surface area contributed by atoms with Gasteiger partial charge in [-0.2, -0.15) is 0 Å². The van der Waals surface area contributed by atoms with Gasteiger partial charge in [0.05, 0.1) is 30.3 Å². The maximum absolute atomic E-state index is 4.69. The molecule has 0 atom stereocenters. The summed E-state index contributed by atoms with van der Waals surface area (Å²) >= 11 is 0. The first-order valence-electron chi connectivity index (χ1n) is 8.78. The monoisotopic (exact) mass is 343 g/mol. The molecule has 0 bridgehead atoms. The Kier molecular flexibility index (Phi) is 4.35. The average molecular weight is 343 g/mol. The zero-order valence-corrected chi connectivity index (χ0v) is 15.0. The standard InChI is InChI=1S/C21H21N5/c1-3-16-8-4-5-10-19(16)26(14-17-9-6-7-11-22-17)21-12-20-18(13-23-21)24-15-25(20)2/h4-13,15H,3,14H2,1-2H3. The van der Waals surface area contributed by atoms with Gasteiger partial charge in [-0.3, -0.25) is 4.98 Å². The van der Waals surface area contributed by atoms with Crippen molar-refractivity contribution in [2.45, 2.75) is 19.9 Å². The number of hydrogen-bond acceptors (Lipinski definition) is 4. The molecular weight excluding hydrogens is 322 g/mol. The Morgan fingerprint density at radius 2 is 1.85 bits per heavy atom. The van der Waals surface area contributed by atoms with Crippen molar-refractivity contribution in [1.82, 2.24) is 19.5 Å². The van der Waals surface area contributed by atoms with Crippen LogP contribution in [0.3, 0.4) is 0 Å². The molecule has 0 unspecified atom stereocenters. The van der Waals surface area contributed by atoms with E-state index in [1.807, 2.05) is 48.5 Å². The number of hydrogen-bond donors (Lipinski definition) is 0. The molecule has 0 saturated heterocycles. The highest BCUT2D eigenvalue weighted by Gasteiger charge is 2.16. The summed E-state index contributed by atoms with van der Waals surface area (Å²) in [5.41, 5.74) is 5.42. The SMILES string of the molecule is CCc1ccccc1N(Cc1ccccn1)c1cc2c(cn1)ncn2C. The number of aryl methyl sites for hydroxylation is 2. The van der Waals surface area contributed by atoms with Crippen LogP contribution in [-0.2, 0) is 20.0 Å². The number of imidazole rings is 1. The highest BCUT2D eigenvalue weighted by molar-refractivity contribution is 5.79. The molecule has 3 aromatic heterocycles. The molecular formula is C21H21N5. The van der Waals surface area contributed by atoms with E-state index in [0.29, 0.717) is 6.54 Å². The van der Waals surface area contributed by atoms with Crippen LogP contribution in [0.15, 0.2) is 67.3 Å². The molecule has 1 aromatic carbocycles. The summed E-state index contributed by atoms with van der Waals surface area (Å²) in [4.78, 5) is 15.8. The Balaban J connectivity index is 1.84. The van der Waals surface area contributed by atoms with E-state index >= 15 is 0 Å². The lowest BCUT2D eigenvalue weighted by Gasteiger charge is -2.26. The molecule has 130 valence electrons. The van der Waals surface area contributed by atoms with Crippen molar-refractivity contribution in [2.75, 3.05) is 4.90 Å². The molecule has 5 heteroatoms. The third-order valence-corrected chi connectivity index (χ3v) is 4.58. The predicted octanol–water partition coefficient (Wildman–Crippen LogP) is 4.26. The second-order valence-electron chi connectivity index (χ2n) is 6.28. The molecule has 0 aliphatic rings. The fourth-order valence-electron chi connectivity index (χ4n) is 3.18. The molecule has 5 nitrogen and oxygen atoms in total. The molecule has 0 aliphatic carbocycles. The smallest absolute Gasteiger partial charge is 0.135 e. The molecule has 26 heavy (non-hydrogen) atoms. The first kappa shape index (κ1) is 16.3. The third-order valence-electron chi connectivity index (χ3n) is 4.58. The van der Waals surface area contributed by atoms with Gasteiger partial charge in [-0.05, 0) is 30.2 Å². The number of aromatic nitrogens is 4. The molecule has 4 rings (SSSR count). The average Bonchev–Trinajstić information content (AvgIpc) is 3.07. The molecule has 0 amide bonds. The summed E-state index contributed by atoms with van der Waals surface area (Å²) in [6.07, 6.45) is 6.45. The highest BCUT2D eigenvalue weighted by atomic mass is 15.2. The van der Waals surface area contributed by atoms with Crippen LogP contribution in [0.5, 0.6) is 0 Å². The molecule has 0 saturated carbocycles. The Labute approximate surface area is 153 Å². The van der Waals surface area contributed by atoms with Crippen molar-refractivity contribution in [3.8, 4) is 0 Å². The normalized spacial score (nSPS) is 11.0. The number of anilines is 2. The number of fused-ring (bicyclic) bond motifs is 1. The molecule has 0 radical (unpaired) electrons. The summed E-state index contributed by atoms with van der Waals surface area (Å²) in [6.45, 7) is 2.84. The van der Waals surface area contributed by atoms with E-state index in [0.717, 1.165) is 34.7 Å². The van der Waals surface area contributed by atoms with Crippen LogP contribution in [0, 0.1) is 0 Å². The quantitative estimate of drug-likeness (QED) is 0.543. The predicted molar refractivity (Wildman–Crippen MR) is 104 cm³/mol. The van der Waals surface area contributed by atoms with E-state index in [1.54, 1.807) is 0 Å². The van der Waals surface area contributed by atoms with Gasteiger partial charge in [-0.1, -0.05) is 31.2 Å². The third kappa shape index (κ3) is 3.04. The first-order valence-corrected chi connectivity index (χ1v) is 8.78. The van der Waals surface area contributed by atoms with Crippen LogP contribution in [0.25, 0.3) is 11.0 Å². The van der Waals surface area contributed by atoms with E-state index in [-0.39, 0.29) is 0 Å². The van der Waals surface area contributed by atoms with E-state index < -0.39 is 0 Å². The number of para-hydroxylation sites is 1. The number of rotatable bonds is 5. The van der Waals surface area contributed by atoms with Crippen molar-refractivity contribution in [1.29, 1.82) is 0 Å². The van der Waals surface area contributed by atoms with Crippen molar-refractivity contribution >= 4 is 22.5 Å². The van der Waals surface area contributed by atoms with Gasteiger partial charge in [0.1, 0.15) is 11.3 Å². The lowest BCUT2D eigenvalue weighted by molar-refractivity contribution is 0.896. The van der Waals surface area contributed by atoms with Crippen molar-refractivity contribution in [3.05, 3.63) is 78.5 Å². The largest absolute Gasteiger partial charge is 0.334 e. The zero-order chi connectivity index (χ0) is 17.9. The minimum Gasteiger partial charge on any atom is -0.334 e. The first-order chi connectivity index (χ1) is 12.8. The Bertz CT molecular complexity index is 1020. The van der Waals surface area contributed by atoms with Crippen LogP contribution >= 0.6 is 0 Å². The van der Waals surface area contributed by atoms with Crippen molar-refractivity contribution in [3.63, 3.8) is 0 Å².